The molecule has 0 aromatic heterocycles. The van der Waals surface area contributed by atoms with Crippen LogP contribution in [0.25, 0.3) is 0 Å². The summed E-state index contributed by atoms with van der Waals surface area (Å²) in [4.78, 5) is 22.9. The number of benzene rings is 1. The van der Waals surface area contributed by atoms with Crippen molar-refractivity contribution >= 4 is 17.6 Å². The van der Waals surface area contributed by atoms with Crippen LogP contribution < -0.4 is 11.1 Å². The average molecular weight is 264 g/mol. The molecule has 6 heteroatoms. The molecule has 1 amide bonds. The fraction of sp³-hybridized carbons (Fsp3) is 0.231. The van der Waals surface area contributed by atoms with Gasteiger partial charge >= 0.3 is 5.97 Å². The van der Waals surface area contributed by atoms with Crippen molar-refractivity contribution in [3.8, 4) is 0 Å². The van der Waals surface area contributed by atoms with Crippen molar-refractivity contribution in [1.82, 2.24) is 0 Å². The van der Waals surface area contributed by atoms with Crippen LogP contribution in [-0.2, 0) is 4.79 Å². The van der Waals surface area contributed by atoms with E-state index in [0.717, 1.165) is 6.07 Å². The highest BCUT2D eigenvalue weighted by Gasteiger charge is 2.25. The second-order valence-corrected chi connectivity index (χ2v) is 4.35. The second kappa shape index (κ2) is 5.19. The highest BCUT2D eigenvalue weighted by atomic mass is 19.1. The second-order valence-electron chi connectivity index (χ2n) is 4.35. The molecule has 0 bridgehead atoms. The van der Waals surface area contributed by atoms with E-state index in [-0.39, 0.29) is 17.3 Å². The zero-order valence-electron chi connectivity index (χ0n) is 9.97. The van der Waals surface area contributed by atoms with E-state index in [4.69, 9.17) is 10.8 Å². The molecule has 1 aliphatic rings. The van der Waals surface area contributed by atoms with Crippen molar-refractivity contribution in [3.63, 3.8) is 0 Å². The third kappa shape index (κ3) is 2.79. The molecule has 0 fully saturated rings. The van der Waals surface area contributed by atoms with E-state index in [1.807, 2.05) is 0 Å². The van der Waals surface area contributed by atoms with E-state index in [1.165, 1.54) is 12.1 Å². The number of nitrogens with one attached hydrogen (secondary N) is 1. The Morgan fingerprint density at radius 1 is 1.37 bits per heavy atom. The Morgan fingerprint density at radius 2 is 2.11 bits per heavy atom. The van der Waals surface area contributed by atoms with Gasteiger partial charge in [0.05, 0.1) is 17.2 Å². The number of para-hydroxylation sites is 1. The lowest BCUT2D eigenvalue weighted by Crippen LogP contribution is -2.25. The zero-order valence-corrected chi connectivity index (χ0v) is 9.97. The molecule has 1 aromatic carbocycles. The Bertz CT molecular complexity index is 557. The van der Waals surface area contributed by atoms with Gasteiger partial charge in [-0.15, -0.1) is 0 Å². The van der Waals surface area contributed by atoms with Crippen molar-refractivity contribution in [3.05, 3.63) is 41.7 Å². The summed E-state index contributed by atoms with van der Waals surface area (Å²) < 4.78 is 13.6. The number of anilines is 1. The van der Waals surface area contributed by atoms with E-state index in [1.54, 1.807) is 12.2 Å². The molecule has 0 heterocycles. The van der Waals surface area contributed by atoms with E-state index in [2.05, 4.69) is 5.32 Å². The number of halogens is 1. The van der Waals surface area contributed by atoms with Crippen molar-refractivity contribution in [2.24, 2.45) is 11.7 Å². The smallest absolute Gasteiger partial charge is 0.337 e. The molecule has 1 aromatic rings. The molecule has 0 saturated heterocycles. The van der Waals surface area contributed by atoms with Gasteiger partial charge in [-0.3, -0.25) is 4.79 Å². The number of rotatable bonds is 3. The molecule has 19 heavy (non-hydrogen) atoms. The molecule has 100 valence electrons. The van der Waals surface area contributed by atoms with Crippen LogP contribution >= 0.6 is 0 Å². The van der Waals surface area contributed by atoms with Crippen LogP contribution in [0.15, 0.2) is 30.4 Å². The number of carboxylic acids is 1. The lowest BCUT2D eigenvalue weighted by molar-refractivity contribution is -0.118. The molecular formula is C13H13FN2O3. The highest BCUT2D eigenvalue weighted by molar-refractivity contribution is 6.01. The normalized spacial score (nSPS) is 21.4. The minimum absolute atomic E-state index is 0.199. The first-order valence-corrected chi connectivity index (χ1v) is 5.75. The van der Waals surface area contributed by atoms with E-state index in [0.29, 0.717) is 6.42 Å². The topological polar surface area (TPSA) is 92.4 Å². The van der Waals surface area contributed by atoms with Crippen LogP contribution in [0.4, 0.5) is 10.1 Å². The van der Waals surface area contributed by atoms with E-state index >= 15 is 0 Å². The van der Waals surface area contributed by atoms with Crippen LogP contribution in [0, 0.1) is 11.7 Å². The number of carbonyl (C=O) groups excluding carboxylic acids is 1. The summed E-state index contributed by atoms with van der Waals surface area (Å²) in [6, 6.07) is 3.41. The molecule has 5 nitrogen and oxygen atoms in total. The standard InChI is InChI=1S/C13H13FN2O3/c14-10-3-1-2-9(13(18)19)11(10)16-12(17)7-4-5-8(15)6-7/h1-5,7-8H,6,15H2,(H,16,17)(H,18,19). The molecule has 2 atom stereocenters. The lowest BCUT2D eigenvalue weighted by atomic mass is 10.1. The van der Waals surface area contributed by atoms with Gasteiger partial charge in [-0.2, -0.15) is 0 Å². The van der Waals surface area contributed by atoms with Crippen molar-refractivity contribution in [1.29, 1.82) is 0 Å². The number of carboxylic acid groups (broad SMARTS) is 1. The lowest BCUT2D eigenvalue weighted by Gasteiger charge is -2.13. The molecule has 0 aliphatic heterocycles. The Morgan fingerprint density at radius 3 is 2.68 bits per heavy atom. The van der Waals surface area contributed by atoms with Crippen LogP contribution in [0.1, 0.15) is 16.8 Å². The van der Waals surface area contributed by atoms with Gasteiger partial charge in [0.1, 0.15) is 5.82 Å². The molecule has 2 rings (SSSR count). The highest BCUT2D eigenvalue weighted by Crippen LogP contribution is 2.23. The maximum absolute atomic E-state index is 13.6. The van der Waals surface area contributed by atoms with Crippen LogP contribution in [0.3, 0.4) is 0 Å². The maximum Gasteiger partial charge on any atom is 0.337 e. The van der Waals surface area contributed by atoms with Gasteiger partial charge in [-0.25, -0.2) is 9.18 Å². The van der Waals surface area contributed by atoms with Crippen LogP contribution in [0.2, 0.25) is 0 Å². The fourth-order valence-corrected chi connectivity index (χ4v) is 1.97. The van der Waals surface area contributed by atoms with E-state index < -0.39 is 23.6 Å². The molecule has 0 saturated carbocycles. The number of carbonyl (C=O) groups is 2. The number of hydrogen-bond acceptors (Lipinski definition) is 3. The summed E-state index contributed by atoms with van der Waals surface area (Å²) in [6.07, 6.45) is 3.77. The summed E-state index contributed by atoms with van der Waals surface area (Å²) in [7, 11) is 0. The number of aromatic carboxylic acids is 1. The Balaban J connectivity index is 2.21. The van der Waals surface area contributed by atoms with Gasteiger partial charge in [0.15, 0.2) is 0 Å². The minimum atomic E-state index is -1.30. The molecule has 2 unspecified atom stereocenters. The summed E-state index contributed by atoms with van der Waals surface area (Å²) in [5, 5.41) is 11.3. The van der Waals surface area contributed by atoms with Crippen molar-refractivity contribution in [2.75, 3.05) is 5.32 Å². The molecular weight excluding hydrogens is 251 g/mol. The minimum Gasteiger partial charge on any atom is -0.478 e. The van der Waals surface area contributed by atoms with Crippen molar-refractivity contribution in [2.45, 2.75) is 12.5 Å². The molecule has 0 spiro atoms. The quantitative estimate of drug-likeness (QED) is 0.719. The summed E-state index contributed by atoms with van der Waals surface area (Å²) in [5.74, 6) is -3.00. The van der Waals surface area contributed by atoms with Crippen molar-refractivity contribution < 1.29 is 19.1 Å². The van der Waals surface area contributed by atoms with Crippen LogP contribution in [0.5, 0.6) is 0 Å². The molecule has 0 radical (unpaired) electrons. The van der Waals surface area contributed by atoms with Gasteiger partial charge in [0.2, 0.25) is 5.91 Å². The Labute approximate surface area is 108 Å². The Kier molecular flexibility index (Phi) is 3.62. The first-order chi connectivity index (χ1) is 8.99. The summed E-state index contributed by atoms with van der Waals surface area (Å²) in [6.45, 7) is 0. The summed E-state index contributed by atoms with van der Waals surface area (Å²) >= 11 is 0. The van der Waals surface area contributed by atoms with Gasteiger partial charge in [0, 0.05) is 6.04 Å². The number of amides is 1. The first kappa shape index (κ1) is 13.2. The molecule has 1 aliphatic carbocycles. The third-order valence-electron chi connectivity index (χ3n) is 2.95. The van der Waals surface area contributed by atoms with Gasteiger partial charge in [-0.1, -0.05) is 18.2 Å². The number of hydrogen-bond donors (Lipinski definition) is 3. The first-order valence-electron chi connectivity index (χ1n) is 5.75. The van der Waals surface area contributed by atoms with Gasteiger partial charge in [0.25, 0.3) is 0 Å². The summed E-state index contributed by atoms with van der Waals surface area (Å²) in [5.41, 5.74) is 5.04. The number of nitrogens with two attached hydrogens (primary N) is 1. The Hall–Kier alpha value is -2.21. The third-order valence-corrected chi connectivity index (χ3v) is 2.95. The SMILES string of the molecule is NC1C=CC(C(=O)Nc2c(F)cccc2C(=O)O)C1. The van der Waals surface area contributed by atoms with Gasteiger partial charge < -0.3 is 16.2 Å². The largest absolute Gasteiger partial charge is 0.478 e. The van der Waals surface area contributed by atoms with Gasteiger partial charge in [-0.05, 0) is 18.6 Å². The average Bonchev–Trinajstić information content (AvgIpc) is 2.78. The monoisotopic (exact) mass is 264 g/mol. The van der Waals surface area contributed by atoms with Crippen LogP contribution in [-0.4, -0.2) is 23.0 Å². The predicted molar refractivity (Wildman–Crippen MR) is 67.2 cm³/mol. The zero-order chi connectivity index (χ0) is 14.0. The molecule has 4 N–H and O–H groups in total. The maximum atomic E-state index is 13.6. The predicted octanol–water partition coefficient (Wildman–Crippen LogP) is 1.37. The van der Waals surface area contributed by atoms with E-state index in [9.17, 15) is 14.0 Å². The fourth-order valence-electron chi connectivity index (χ4n) is 1.97.